The fourth-order valence-electron chi connectivity index (χ4n) is 2.35. The molecule has 2 aromatic rings. The molecule has 2 N–H and O–H groups in total. The number of hydrogen-bond acceptors (Lipinski definition) is 2. The first-order valence-corrected chi connectivity index (χ1v) is 6.83. The van der Waals surface area contributed by atoms with Crippen LogP contribution in [0.5, 0.6) is 0 Å². The molecule has 0 radical (unpaired) electrons. The molecule has 3 nitrogen and oxygen atoms in total. The van der Waals surface area contributed by atoms with E-state index in [-0.39, 0.29) is 0 Å². The molecule has 0 atom stereocenters. The van der Waals surface area contributed by atoms with Gasteiger partial charge in [0.05, 0.1) is 11.0 Å². The molecule has 1 aromatic carbocycles. The molecule has 3 heteroatoms. The minimum absolute atomic E-state index is 0.579. The van der Waals surface area contributed by atoms with Gasteiger partial charge in [0.25, 0.3) is 0 Å². The molecular weight excluding hydrogens is 222 g/mol. The first-order chi connectivity index (χ1) is 8.65. The Morgan fingerprint density at radius 2 is 2.11 bits per heavy atom. The molecule has 98 valence electrons. The fraction of sp³-hybridized carbons (Fsp3) is 0.533. The van der Waals surface area contributed by atoms with Gasteiger partial charge in [0.15, 0.2) is 0 Å². The topological polar surface area (TPSA) is 43.8 Å². The molecule has 0 amide bonds. The Hall–Kier alpha value is -1.35. The lowest BCUT2D eigenvalue weighted by atomic mass is 10.1. The summed E-state index contributed by atoms with van der Waals surface area (Å²) in [5.41, 5.74) is 9.17. The summed E-state index contributed by atoms with van der Waals surface area (Å²) < 4.78 is 2.36. The summed E-state index contributed by atoms with van der Waals surface area (Å²) in [5.74, 6) is 1.84. The third-order valence-electron chi connectivity index (χ3n) is 3.17. The van der Waals surface area contributed by atoms with Crippen molar-refractivity contribution in [3.63, 3.8) is 0 Å². The standard InChI is InChI=1S/C15H23N3/c1-4-7-18-14-6-5-12(10-16)9-13(14)17-15(18)8-11(2)3/h5-6,9,11H,4,7-8,10,16H2,1-3H3. The van der Waals surface area contributed by atoms with Crippen LogP contribution in [0.4, 0.5) is 0 Å². The maximum atomic E-state index is 5.69. The average Bonchev–Trinajstić information content (AvgIpc) is 2.66. The molecule has 1 heterocycles. The van der Waals surface area contributed by atoms with Crippen LogP contribution >= 0.6 is 0 Å². The fourth-order valence-corrected chi connectivity index (χ4v) is 2.35. The molecule has 0 unspecified atom stereocenters. The zero-order chi connectivity index (χ0) is 13.1. The van der Waals surface area contributed by atoms with Crippen molar-refractivity contribution in [1.29, 1.82) is 0 Å². The molecule has 0 aliphatic rings. The van der Waals surface area contributed by atoms with Crippen molar-refractivity contribution in [2.45, 2.75) is 46.7 Å². The lowest BCUT2D eigenvalue weighted by molar-refractivity contribution is 0.574. The third kappa shape index (κ3) is 2.56. The van der Waals surface area contributed by atoms with Gasteiger partial charge < -0.3 is 10.3 Å². The van der Waals surface area contributed by atoms with E-state index in [0.717, 1.165) is 30.5 Å². The molecule has 0 spiro atoms. The Bertz CT molecular complexity index is 526. The molecule has 0 aliphatic heterocycles. The normalized spacial score (nSPS) is 11.6. The zero-order valence-electron chi connectivity index (χ0n) is 11.6. The van der Waals surface area contributed by atoms with E-state index < -0.39 is 0 Å². The van der Waals surface area contributed by atoms with Crippen molar-refractivity contribution in [3.05, 3.63) is 29.6 Å². The third-order valence-corrected chi connectivity index (χ3v) is 3.17. The monoisotopic (exact) mass is 245 g/mol. The van der Waals surface area contributed by atoms with Crippen LogP contribution in [0.3, 0.4) is 0 Å². The largest absolute Gasteiger partial charge is 0.328 e. The highest BCUT2D eigenvalue weighted by atomic mass is 15.1. The van der Waals surface area contributed by atoms with Crippen LogP contribution in [0.2, 0.25) is 0 Å². The van der Waals surface area contributed by atoms with Crippen molar-refractivity contribution in [2.24, 2.45) is 11.7 Å². The summed E-state index contributed by atoms with van der Waals surface area (Å²) >= 11 is 0. The van der Waals surface area contributed by atoms with Gasteiger partial charge in [0.1, 0.15) is 5.82 Å². The summed E-state index contributed by atoms with van der Waals surface area (Å²) in [5, 5.41) is 0. The van der Waals surface area contributed by atoms with Gasteiger partial charge in [-0.3, -0.25) is 0 Å². The average molecular weight is 245 g/mol. The Morgan fingerprint density at radius 3 is 2.72 bits per heavy atom. The molecule has 1 aromatic heterocycles. The number of fused-ring (bicyclic) bond motifs is 1. The van der Waals surface area contributed by atoms with Crippen LogP contribution in [0.1, 0.15) is 38.6 Å². The Kier molecular flexibility index (Phi) is 4.02. The Balaban J connectivity index is 2.51. The van der Waals surface area contributed by atoms with Crippen LogP contribution < -0.4 is 5.73 Å². The molecule has 18 heavy (non-hydrogen) atoms. The van der Waals surface area contributed by atoms with E-state index in [2.05, 4.69) is 43.5 Å². The Morgan fingerprint density at radius 1 is 1.33 bits per heavy atom. The predicted molar refractivity (Wildman–Crippen MR) is 76.5 cm³/mol. The second-order valence-corrected chi connectivity index (χ2v) is 5.30. The lowest BCUT2D eigenvalue weighted by Crippen LogP contribution is -2.06. The highest BCUT2D eigenvalue weighted by molar-refractivity contribution is 5.77. The summed E-state index contributed by atoms with van der Waals surface area (Å²) in [6.45, 7) is 8.30. The number of imidazole rings is 1. The quantitative estimate of drug-likeness (QED) is 0.879. The SMILES string of the molecule is CCCn1c(CC(C)C)nc2cc(CN)ccc21. The number of benzene rings is 1. The molecule has 0 saturated heterocycles. The van der Waals surface area contributed by atoms with Crippen molar-refractivity contribution in [2.75, 3.05) is 0 Å². The highest BCUT2D eigenvalue weighted by Gasteiger charge is 2.11. The van der Waals surface area contributed by atoms with Gasteiger partial charge in [0.2, 0.25) is 0 Å². The van der Waals surface area contributed by atoms with Gasteiger partial charge in [0, 0.05) is 19.5 Å². The summed E-state index contributed by atoms with van der Waals surface area (Å²) in [4.78, 5) is 4.79. The van der Waals surface area contributed by atoms with E-state index in [0.29, 0.717) is 12.5 Å². The van der Waals surface area contributed by atoms with Gasteiger partial charge in [-0.2, -0.15) is 0 Å². The number of aryl methyl sites for hydroxylation is 1. The molecule has 0 bridgehead atoms. The van der Waals surface area contributed by atoms with Gasteiger partial charge in [-0.05, 0) is 30.0 Å². The minimum atomic E-state index is 0.579. The molecular formula is C15H23N3. The van der Waals surface area contributed by atoms with E-state index in [1.54, 1.807) is 0 Å². The van der Waals surface area contributed by atoms with Gasteiger partial charge in [-0.25, -0.2) is 4.98 Å². The number of nitrogens with two attached hydrogens (primary N) is 1. The van der Waals surface area contributed by atoms with Crippen LogP contribution in [-0.4, -0.2) is 9.55 Å². The van der Waals surface area contributed by atoms with Crippen molar-refractivity contribution in [3.8, 4) is 0 Å². The number of aromatic nitrogens is 2. The number of nitrogens with zero attached hydrogens (tertiary/aromatic N) is 2. The van der Waals surface area contributed by atoms with E-state index in [1.165, 1.54) is 11.3 Å². The van der Waals surface area contributed by atoms with Crippen molar-refractivity contribution >= 4 is 11.0 Å². The molecule has 0 aliphatic carbocycles. The highest BCUT2D eigenvalue weighted by Crippen LogP contribution is 2.20. The van der Waals surface area contributed by atoms with Gasteiger partial charge in [-0.1, -0.05) is 26.8 Å². The van der Waals surface area contributed by atoms with E-state index in [9.17, 15) is 0 Å². The number of hydrogen-bond donors (Lipinski definition) is 1. The molecule has 0 saturated carbocycles. The van der Waals surface area contributed by atoms with Crippen LogP contribution in [0.15, 0.2) is 18.2 Å². The van der Waals surface area contributed by atoms with Crippen molar-refractivity contribution < 1.29 is 0 Å². The first kappa shape index (κ1) is 13.1. The Labute approximate surface area is 109 Å². The maximum absolute atomic E-state index is 5.69. The first-order valence-electron chi connectivity index (χ1n) is 6.83. The second kappa shape index (κ2) is 5.53. The van der Waals surface area contributed by atoms with Crippen LogP contribution in [-0.2, 0) is 19.5 Å². The van der Waals surface area contributed by atoms with Crippen molar-refractivity contribution in [1.82, 2.24) is 9.55 Å². The van der Waals surface area contributed by atoms with E-state index in [1.807, 2.05) is 0 Å². The summed E-state index contributed by atoms with van der Waals surface area (Å²) in [6, 6.07) is 6.38. The van der Waals surface area contributed by atoms with Gasteiger partial charge in [-0.15, -0.1) is 0 Å². The summed E-state index contributed by atoms with van der Waals surface area (Å²) in [7, 11) is 0. The van der Waals surface area contributed by atoms with Crippen LogP contribution in [0, 0.1) is 5.92 Å². The molecule has 2 rings (SSSR count). The van der Waals surface area contributed by atoms with Crippen LogP contribution in [0.25, 0.3) is 11.0 Å². The minimum Gasteiger partial charge on any atom is -0.328 e. The molecule has 0 fully saturated rings. The second-order valence-electron chi connectivity index (χ2n) is 5.30. The van der Waals surface area contributed by atoms with E-state index in [4.69, 9.17) is 10.7 Å². The van der Waals surface area contributed by atoms with E-state index >= 15 is 0 Å². The predicted octanol–water partition coefficient (Wildman–Crippen LogP) is 3.10. The number of rotatable bonds is 5. The lowest BCUT2D eigenvalue weighted by Gasteiger charge is -2.09. The van der Waals surface area contributed by atoms with Gasteiger partial charge >= 0.3 is 0 Å². The zero-order valence-corrected chi connectivity index (χ0v) is 11.6. The maximum Gasteiger partial charge on any atom is 0.110 e. The summed E-state index contributed by atoms with van der Waals surface area (Å²) in [6.07, 6.45) is 2.17. The smallest absolute Gasteiger partial charge is 0.110 e.